The zero-order chi connectivity index (χ0) is 16.8. The summed E-state index contributed by atoms with van der Waals surface area (Å²) >= 11 is 0. The molecular weight excluding hydrogens is 292 g/mol. The molecule has 0 aromatic heterocycles. The smallest absolute Gasteiger partial charge is 0.327 e. The van der Waals surface area contributed by atoms with Crippen molar-refractivity contribution >= 4 is 5.97 Å². The van der Waals surface area contributed by atoms with Crippen LogP contribution >= 0.6 is 0 Å². The summed E-state index contributed by atoms with van der Waals surface area (Å²) in [6, 6.07) is 0. The Labute approximate surface area is 141 Å². The van der Waals surface area contributed by atoms with Crippen LogP contribution in [0.1, 0.15) is 64.7 Å². The van der Waals surface area contributed by atoms with E-state index in [1.165, 1.54) is 38.2 Å². The first kappa shape index (κ1) is 20.2. The highest BCUT2D eigenvalue weighted by Crippen LogP contribution is 2.28. The third kappa shape index (κ3) is 10.5. The van der Waals surface area contributed by atoms with E-state index < -0.39 is 5.97 Å². The van der Waals surface area contributed by atoms with E-state index in [-0.39, 0.29) is 0 Å². The highest BCUT2D eigenvalue weighted by Gasteiger charge is 2.27. The number of hydrogen-bond acceptors (Lipinski definition) is 3. The van der Waals surface area contributed by atoms with Gasteiger partial charge in [0.1, 0.15) is 0 Å². The number of hydrogen-bond donors (Lipinski definition) is 1. The van der Waals surface area contributed by atoms with Crippen LogP contribution in [-0.2, 0) is 14.3 Å². The second-order valence-electron chi connectivity index (χ2n) is 6.54. The van der Waals surface area contributed by atoms with E-state index in [4.69, 9.17) is 14.6 Å². The summed E-state index contributed by atoms with van der Waals surface area (Å²) in [5.74, 6) is 0.436. The molecule has 1 rings (SSSR count). The molecule has 0 aromatic rings. The molecule has 4 heteroatoms. The molecule has 0 bridgehead atoms. The number of aliphatic carboxylic acids is 1. The molecule has 2 atom stereocenters. The molecular formula is C19H34O4. The average molecular weight is 326 g/mol. The predicted molar refractivity (Wildman–Crippen MR) is 92.6 cm³/mol. The normalized spacial score (nSPS) is 21.3. The van der Waals surface area contributed by atoms with Gasteiger partial charge in [0.25, 0.3) is 0 Å². The van der Waals surface area contributed by atoms with Gasteiger partial charge in [-0.1, -0.05) is 38.7 Å². The van der Waals surface area contributed by atoms with Gasteiger partial charge >= 0.3 is 5.97 Å². The van der Waals surface area contributed by atoms with E-state index in [9.17, 15) is 4.79 Å². The zero-order valence-electron chi connectivity index (χ0n) is 14.7. The lowest BCUT2D eigenvalue weighted by molar-refractivity contribution is -0.131. The number of rotatable bonds is 14. The fraction of sp³-hybridized carbons (Fsp3) is 0.842. The summed E-state index contributed by atoms with van der Waals surface area (Å²) in [6.07, 6.45) is 13.4. The standard InChI is InChI=1S/C19H34O4/c1-2-3-4-9-13-22-14-12-18-16-23-15-17(18)10-7-5-6-8-11-19(20)21/h8,11,17-18H,2-7,9-10,12-16H2,1H3,(H,20,21). The molecule has 0 aliphatic carbocycles. The highest BCUT2D eigenvalue weighted by molar-refractivity contribution is 5.79. The van der Waals surface area contributed by atoms with Crippen molar-refractivity contribution in [3.05, 3.63) is 12.2 Å². The predicted octanol–water partition coefficient (Wildman–Crippen LogP) is 4.44. The maximum atomic E-state index is 10.4. The number of ether oxygens (including phenoxy) is 2. The van der Waals surface area contributed by atoms with Gasteiger partial charge in [0.15, 0.2) is 0 Å². The molecule has 0 aromatic carbocycles. The van der Waals surface area contributed by atoms with E-state index in [0.29, 0.717) is 11.8 Å². The Bertz CT molecular complexity index is 327. The van der Waals surface area contributed by atoms with Gasteiger partial charge in [-0.3, -0.25) is 0 Å². The number of carboxylic acid groups (broad SMARTS) is 1. The monoisotopic (exact) mass is 326 g/mol. The summed E-state index contributed by atoms with van der Waals surface area (Å²) in [4.78, 5) is 10.4. The summed E-state index contributed by atoms with van der Waals surface area (Å²) in [5, 5.41) is 8.53. The first-order valence-electron chi connectivity index (χ1n) is 9.29. The second-order valence-corrected chi connectivity index (χ2v) is 6.54. The van der Waals surface area contributed by atoms with Gasteiger partial charge < -0.3 is 14.6 Å². The Hall–Kier alpha value is -0.870. The molecule has 1 saturated heterocycles. The van der Waals surface area contributed by atoms with E-state index >= 15 is 0 Å². The molecule has 134 valence electrons. The van der Waals surface area contributed by atoms with Crippen molar-refractivity contribution in [1.29, 1.82) is 0 Å². The zero-order valence-corrected chi connectivity index (χ0v) is 14.7. The van der Waals surface area contributed by atoms with Gasteiger partial charge in [-0.05, 0) is 43.9 Å². The molecule has 0 saturated carbocycles. The van der Waals surface area contributed by atoms with Gasteiger partial charge in [-0.25, -0.2) is 4.79 Å². The Kier molecular flexibility index (Phi) is 11.9. The minimum Gasteiger partial charge on any atom is -0.478 e. The third-order valence-corrected chi connectivity index (χ3v) is 4.56. The largest absolute Gasteiger partial charge is 0.478 e. The molecule has 1 fully saturated rings. The van der Waals surface area contributed by atoms with Gasteiger partial charge in [-0.2, -0.15) is 0 Å². The van der Waals surface area contributed by atoms with Crippen LogP contribution in [-0.4, -0.2) is 37.5 Å². The van der Waals surface area contributed by atoms with Crippen LogP contribution in [0.5, 0.6) is 0 Å². The van der Waals surface area contributed by atoms with E-state index in [2.05, 4.69) is 6.92 Å². The SMILES string of the molecule is CCCCCCOCCC1COCC1CCCCC=CC(=O)O. The Morgan fingerprint density at radius 2 is 1.87 bits per heavy atom. The highest BCUT2D eigenvalue weighted by atomic mass is 16.5. The summed E-state index contributed by atoms with van der Waals surface area (Å²) in [6.45, 7) is 5.74. The minimum absolute atomic E-state index is 0.639. The van der Waals surface area contributed by atoms with Crippen LogP contribution in [0, 0.1) is 11.8 Å². The molecule has 1 aliphatic rings. The van der Waals surface area contributed by atoms with Gasteiger partial charge in [0, 0.05) is 32.5 Å². The van der Waals surface area contributed by atoms with Crippen LogP contribution in [0.4, 0.5) is 0 Å². The first-order chi connectivity index (χ1) is 11.2. The van der Waals surface area contributed by atoms with Crippen LogP contribution in [0.25, 0.3) is 0 Å². The minimum atomic E-state index is -0.857. The Balaban J connectivity index is 2.01. The second kappa shape index (κ2) is 13.6. The molecule has 1 aliphatic heterocycles. The van der Waals surface area contributed by atoms with Crippen molar-refractivity contribution in [1.82, 2.24) is 0 Å². The lowest BCUT2D eigenvalue weighted by Crippen LogP contribution is -2.15. The number of carbonyl (C=O) groups is 1. The maximum Gasteiger partial charge on any atom is 0.327 e. The van der Waals surface area contributed by atoms with Crippen LogP contribution < -0.4 is 0 Å². The van der Waals surface area contributed by atoms with Gasteiger partial charge in [0.05, 0.1) is 0 Å². The molecule has 4 nitrogen and oxygen atoms in total. The fourth-order valence-corrected chi connectivity index (χ4v) is 3.10. The Morgan fingerprint density at radius 1 is 1.09 bits per heavy atom. The number of allylic oxidation sites excluding steroid dienone is 1. The average Bonchev–Trinajstić information content (AvgIpc) is 2.97. The fourth-order valence-electron chi connectivity index (χ4n) is 3.10. The molecule has 1 N–H and O–H groups in total. The van der Waals surface area contributed by atoms with Crippen molar-refractivity contribution < 1.29 is 19.4 Å². The topological polar surface area (TPSA) is 55.8 Å². The quantitative estimate of drug-likeness (QED) is 0.379. The van der Waals surface area contributed by atoms with E-state index in [0.717, 1.165) is 52.1 Å². The summed E-state index contributed by atoms with van der Waals surface area (Å²) in [5.41, 5.74) is 0. The summed E-state index contributed by atoms with van der Waals surface area (Å²) < 4.78 is 11.4. The van der Waals surface area contributed by atoms with Crippen LogP contribution in [0.3, 0.4) is 0 Å². The van der Waals surface area contributed by atoms with Crippen molar-refractivity contribution in [2.24, 2.45) is 11.8 Å². The first-order valence-corrected chi connectivity index (χ1v) is 9.29. The molecule has 2 unspecified atom stereocenters. The summed E-state index contributed by atoms with van der Waals surface area (Å²) in [7, 11) is 0. The van der Waals surface area contributed by atoms with Gasteiger partial charge in [-0.15, -0.1) is 0 Å². The van der Waals surface area contributed by atoms with Gasteiger partial charge in [0.2, 0.25) is 0 Å². The molecule has 23 heavy (non-hydrogen) atoms. The van der Waals surface area contributed by atoms with E-state index in [1.807, 2.05) is 0 Å². The van der Waals surface area contributed by atoms with Crippen molar-refractivity contribution in [2.75, 3.05) is 26.4 Å². The van der Waals surface area contributed by atoms with E-state index in [1.54, 1.807) is 6.08 Å². The number of unbranched alkanes of at least 4 members (excludes halogenated alkanes) is 5. The number of carboxylic acids is 1. The maximum absolute atomic E-state index is 10.4. The van der Waals surface area contributed by atoms with Crippen LogP contribution in [0.2, 0.25) is 0 Å². The van der Waals surface area contributed by atoms with Crippen molar-refractivity contribution in [3.63, 3.8) is 0 Å². The Morgan fingerprint density at radius 3 is 2.61 bits per heavy atom. The molecule has 0 amide bonds. The third-order valence-electron chi connectivity index (χ3n) is 4.56. The molecule has 0 radical (unpaired) electrons. The molecule has 0 spiro atoms. The lowest BCUT2D eigenvalue weighted by atomic mass is 9.88. The lowest BCUT2D eigenvalue weighted by Gasteiger charge is -2.17. The molecule has 1 heterocycles. The van der Waals surface area contributed by atoms with Crippen LogP contribution in [0.15, 0.2) is 12.2 Å². The van der Waals surface area contributed by atoms with Crippen molar-refractivity contribution in [2.45, 2.75) is 64.7 Å². The van der Waals surface area contributed by atoms with Crippen molar-refractivity contribution in [3.8, 4) is 0 Å².